The molecule has 0 spiro atoms. The van der Waals surface area contributed by atoms with E-state index in [0.717, 1.165) is 24.3 Å². The topological polar surface area (TPSA) is 39.2 Å². The van der Waals surface area contributed by atoms with Crippen LogP contribution >= 0.6 is 0 Å². The van der Waals surface area contributed by atoms with Crippen LogP contribution in [-0.4, -0.2) is 11.0 Å². The van der Waals surface area contributed by atoms with Crippen LogP contribution in [-0.2, 0) is 16.1 Å². The second kappa shape index (κ2) is 15.8. The molecule has 1 rings (SSSR count). The Kier molecular flexibility index (Phi) is 13.8. The van der Waals surface area contributed by atoms with E-state index < -0.39 is 0 Å². The van der Waals surface area contributed by atoms with E-state index in [9.17, 15) is 4.79 Å². The van der Waals surface area contributed by atoms with Gasteiger partial charge in [-0.1, -0.05) is 90.5 Å². The SMILES string of the molecule is CCC(C)CCCCCCCCCCCCC(=O)OCc1cccnc1. The molecule has 1 aromatic heterocycles. The molecule has 0 aliphatic heterocycles. The molecule has 0 aliphatic carbocycles. The first-order chi connectivity index (χ1) is 12.7. The first-order valence-corrected chi connectivity index (χ1v) is 10.8. The normalized spacial score (nSPS) is 12.1. The van der Waals surface area contributed by atoms with Gasteiger partial charge < -0.3 is 4.74 Å². The predicted octanol–water partition coefficient (Wildman–Crippen LogP) is 6.85. The molecule has 0 saturated carbocycles. The van der Waals surface area contributed by atoms with Gasteiger partial charge in [-0.05, 0) is 18.4 Å². The number of aromatic nitrogens is 1. The fourth-order valence-electron chi connectivity index (χ4n) is 3.10. The number of rotatable bonds is 16. The molecule has 148 valence electrons. The standard InChI is InChI=1S/C23H39NO2/c1-3-21(2)15-12-10-8-6-4-5-7-9-11-13-17-23(25)26-20-22-16-14-18-24-19-22/h14,16,18-19,21H,3-13,15,17,20H2,1-2H3. The Balaban J connectivity index is 1.81. The molecule has 1 heterocycles. The quantitative estimate of drug-likeness (QED) is 0.239. The summed E-state index contributed by atoms with van der Waals surface area (Å²) in [7, 11) is 0. The van der Waals surface area contributed by atoms with E-state index in [1.165, 1.54) is 64.2 Å². The van der Waals surface area contributed by atoms with Gasteiger partial charge >= 0.3 is 5.97 Å². The summed E-state index contributed by atoms with van der Waals surface area (Å²) < 4.78 is 5.26. The number of ether oxygens (including phenoxy) is 1. The van der Waals surface area contributed by atoms with Crippen LogP contribution in [0.2, 0.25) is 0 Å². The van der Waals surface area contributed by atoms with E-state index in [-0.39, 0.29) is 5.97 Å². The average molecular weight is 362 g/mol. The van der Waals surface area contributed by atoms with E-state index in [1.54, 1.807) is 12.4 Å². The molecule has 26 heavy (non-hydrogen) atoms. The zero-order valence-electron chi connectivity index (χ0n) is 17.0. The van der Waals surface area contributed by atoms with Crippen LogP contribution < -0.4 is 0 Å². The van der Waals surface area contributed by atoms with Crippen molar-refractivity contribution in [1.29, 1.82) is 0 Å². The number of esters is 1. The van der Waals surface area contributed by atoms with Gasteiger partial charge in [-0.2, -0.15) is 0 Å². The van der Waals surface area contributed by atoms with E-state index in [4.69, 9.17) is 4.74 Å². The van der Waals surface area contributed by atoms with Crippen molar-refractivity contribution in [1.82, 2.24) is 4.98 Å². The summed E-state index contributed by atoms with van der Waals surface area (Å²) >= 11 is 0. The first-order valence-electron chi connectivity index (χ1n) is 10.8. The van der Waals surface area contributed by atoms with Crippen molar-refractivity contribution in [2.24, 2.45) is 5.92 Å². The predicted molar refractivity (Wildman–Crippen MR) is 109 cm³/mol. The minimum absolute atomic E-state index is 0.0914. The minimum atomic E-state index is -0.0914. The highest BCUT2D eigenvalue weighted by atomic mass is 16.5. The number of hydrogen-bond acceptors (Lipinski definition) is 3. The van der Waals surface area contributed by atoms with Crippen molar-refractivity contribution >= 4 is 5.97 Å². The zero-order valence-corrected chi connectivity index (χ0v) is 17.0. The van der Waals surface area contributed by atoms with Crippen LogP contribution in [0.3, 0.4) is 0 Å². The Morgan fingerprint density at radius 2 is 1.62 bits per heavy atom. The lowest BCUT2D eigenvalue weighted by atomic mass is 9.99. The highest BCUT2D eigenvalue weighted by Crippen LogP contribution is 2.15. The third kappa shape index (κ3) is 12.9. The number of nitrogens with zero attached hydrogens (tertiary/aromatic N) is 1. The maximum absolute atomic E-state index is 11.7. The first kappa shape index (κ1) is 22.7. The zero-order chi connectivity index (χ0) is 18.9. The van der Waals surface area contributed by atoms with Gasteiger partial charge in [0, 0.05) is 24.4 Å². The van der Waals surface area contributed by atoms with E-state index in [1.807, 2.05) is 12.1 Å². The van der Waals surface area contributed by atoms with E-state index in [0.29, 0.717) is 13.0 Å². The van der Waals surface area contributed by atoms with Crippen LogP contribution in [0.5, 0.6) is 0 Å². The Hall–Kier alpha value is -1.38. The molecule has 0 bridgehead atoms. The smallest absolute Gasteiger partial charge is 0.306 e. The number of carbonyl (C=O) groups excluding carboxylic acids is 1. The number of hydrogen-bond donors (Lipinski definition) is 0. The fraction of sp³-hybridized carbons (Fsp3) is 0.739. The van der Waals surface area contributed by atoms with Gasteiger partial charge in [0.15, 0.2) is 0 Å². The Bertz CT molecular complexity index is 447. The van der Waals surface area contributed by atoms with Gasteiger partial charge in [-0.3, -0.25) is 9.78 Å². The average Bonchev–Trinajstić information content (AvgIpc) is 2.67. The summed E-state index contributed by atoms with van der Waals surface area (Å²) in [5.74, 6) is 0.814. The van der Waals surface area contributed by atoms with Crippen molar-refractivity contribution in [3.05, 3.63) is 30.1 Å². The van der Waals surface area contributed by atoms with Crippen molar-refractivity contribution in [2.75, 3.05) is 0 Å². The monoisotopic (exact) mass is 361 g/mol. The molecular formula is C23H39NO2. The maximum atomic E-state index is 11.7. The fourth-order valence-corrected chi connectivity index (χ4v) is 3.10. The van der Waals surface area contributed by atoms with E-state index in [2.05, 4.69) is 18.8 Å². The second-order valence-electron chi connectivity index (χ2n) is 7.61. The summed E-state index contributed by atoms with van der Waals surface area (Å²) in [4.78, 5) is 15.7. The van der Waals surface area contributed by atoms with Crippen LogP contribution in [0.4, 0.5) is 0 Å². The van der Waals surface area contributed by atoms with Gasteiger partial charge in [0.2, 0.25) is 0 Å². The molecule has 0 amide bonds. The third-order valence-corrected chi connectivity index (χ3v) is 5.15. The van der Waals surface area contributed by atoms with Crippen molar-refractivity contribution in [3.8, 4) is 0 Å². The van der Waals surface area contributed by atoms with Crippen LogP contribution in [0.25, 0.3) is 0 Å². The summed E-state index contributed by atoms with van der Waals surface area (Å²) in [5.41, 5.74) is 0.945. The molecule has 0 saturated heterocycles. The van der Waals surface area contributed by atoms with Crippen molar-refractivity contribution in [3.63, 3.8) is 0 Å². The lowest BCUT2D eigenvalue weighted by Crippen LogP contribution is -2.04. The molecule has 0 radical (unpaired) electrons. The lowest BCUT2D eigenvalue weighted by Gasteiger charge is -2.07. The molecule has 3 nitrogen and oxygen atoms in total. The number of unbranched alkanes of at least 4 members (excludes halogenated alkanes) is 9. The van der Waals surface area contributed by atoms with Crippen molar-refractivity contribution < 1.29 is 9.53 Å². The molecule has 1 unspecified atom stereocenters. The largest absolute Gasteiger partial charge is 0.461 e. The van der Waals surface area contributed by atoms with Crippen LogP contribution in [0.15, 0.2) is 24.5 Å². The Labute approximate surface area is 160 Å². The molecule has 0 aliphatic rings. The molecular weight excluding hydrogens is 322 g/mol. The highest BCUT2D eigenvalue weighted by Gasteiger charge is 2.03. The Morgan fingerprint density at radius 1 is 1.00 bits per heavy atom. The lowest BCUT2D eigenvalue weighted by molar-refractivity contribution is -0.145. The molecule has 1 aromatic rings. The molecule has 1 atom stereocenters. The summed E-state index contributed by atoms with van der Waals surface area (Å²) in [6.45, 7) is 4.99. The summed E-state index contributed by atoms with van der Waals surface area (Å²) in [6, 6.07) is 3.78. The minimum Gasteiger partial charge on any atom is -0.461 e. The third-order valence-electron chi connectivity index (χ3n) is 5.15. The number of pyridine rings is 1. The molecule has 0 N–H and O–H groups in total. The van der Waals surface area contributed by atoms with Gasteiger partial charge in [0.25, 0.3) is 0 Å². The maximum Gasteiger partial charge on any atom is 0.306 e. The van der Waals surface area contributed by atoms with E-state index >= 15 is 0 Å². The number of carbonyl (C=O) groups is 1. The molecule has 0 aromatic carbocycles. The molecule has 3 heteroatoms. The van der Waals surface area contributed by atoms with Crippen molar-refractivity contribution in [2.45, 2.75) is 104 Å². The molecule has 0 fully saturated rings. The van der Waals surface area contributed by atoms with Gasteiger partial charge in [0.1, 0.15) is 6.61 Å². The highest BCUT2D eigenvalue weighted by molar-refractivity contribution is 5.69. The van der Waals surface area contributed by atoms with Crippen LogP contribution in [0, 0.1) is 5.92 Å². The van der Waals surface area contributed by atoms with Gasteiger partial charge in [-0.15, -0.1) is 0 Å². The Morgan fingerprint density at radius 3 is 2.19 bits per heavy atom. The summed E-state index contributed by atoms with van der Waals surface area (Å²) in [5, 5.41) is 0. The van der Waals surface area contributed by atoms with Crippen LogP contribution in [0.1, 0.15) is 103 Å². The summed E-state index contributed by atoms with van der Waals surface area (Å²) in [6.07, 6.45) is 19.7. The van der Waals surface area contributed by atoms with Gasteiger partial charge in [-0.25, -0.2) is 0 Å². The second-order valence-corrected chi connectivity index (χ2v) is 7.61. The van der Waals surface area contributed by atoms with Gasteiger partial charge in [0.05, 0.1) is 0 Å².